The van der Waals surface area contributed by atoms with Crippen LogP contribution in [0.2, 0.25) is 5.02 Å². The third kappa shape index (κ3) is 4.38. The van der Waals surface area contributed by atoms with Gasteiger partial charge in [-0.15, -0.1) is 0 Å². The van der Waals surface area contributed by atoms with E-state index >= 15 is 0 Å². The molecule has 208 valence electrons. The van der Waals surface area contributed by atoms with Crippen molar-refractivity contribution in [3.8, 4) is 5.75 Å². The molecule has 0 radical (unpaired) electrons. The van der Waals surface area contributed by atoms with Crippen LogP contribution in [0.15, 0.2) is 42.5 Å². The highest BCUT2D eigenvalue weighted by molar-refractivity contribution is 6.31. The minimum atomic E-state index is -5.02. The molecule has 16 heteroatoms. The largest absolute Gasteiger partial charge is 0.430 e. The summed E-state index contributed by atoms with van der Waals surface area (Å²) >= 11 is 6.14. The lowest BCUT2D eigenvalue weighted by molar-refractivity contribution is -0.270. The lowest BCUT2D eigenvalue weighted by Gasteiger charge is -2.31. The molecule has 6 N–H and O–H groups in total. The molecule has 0 fully saturated rings. The second-order valence-corrected chi connectivity index (χ2v) is 9.09. The summed E-state index contributed by atoms with van der Waals surface area (Å²) in [5.41, 5.74) is -7.83. The number of ether oxygens (including phenoxy) is 1. The first-order valence-corrected chi connectivity index (χ1v) is 11.3. The summed E-state index contributed by atoms with van der Waals surface area (Å²) in [5, 5.41) is 37.2. The Bertz CT molecular complexity index is 1650. The topological polar surface area (TPSA) is 157 Å². The summed E-state index contributed by atoms with van der Waals surface area (Å²) in [6, 6.07) is 4.46. The van der Waals surface area contributed by atoms with Crippen LogP contribution >= 0.6 is 11.6 Å². The Morgan fingerprint density at radius 3 is 2.38 bits per heavy atom. The van der Waals surface area contributed by atoms with Crippen LogP contribution in [0.4, 0.5) is 33.3 Å². The number of hydrogen-bond acceptors (Lipinski definition) is 7. The van der Waals surface area contributed by atoms with Crippen molar-refractivity contribution in [2.75, 3.05) is 10.6 Å². The van der Waals surface area contributed by atoms with Gasteiger partial charge in [0.25, 0.3) is 11.8 Å². The normalized spacial score (nSPS) is 19.2. The van der Waals surface area contributed by atoms with Gasteiger partial charge < -0.3 is 36.0 Å². The highest BCUT2D eigenvalue weighted by atomic mass is 35.5. The van der Waals surface area contributed by atoms with Crippen molar-refractivity contribution in [1.29, 1.82) is 0 Å². The summed E-state index contributed by atoms with van der Waals surface area (Å²) in [4.78, 5) is 38.2. The van der Waals surface area contributed by atoms with Gasteiger partial charge in [-0.2, -0.15) is 13.2 Å². The first-order valence-electron chi connectivity index (χ1n) is 10.9. The zero-order valence-electron chi connectivity index (χ0n) is 19.3. The Morgan fingerprint density at radius 2 is 1.70 bits per heavy atom. The third-order valence-electron chi connectivity index (χ3n) is 6.01. The van der Waals surface area contributed by atoms with Crippen molar-refractivity contribution in [2.45, 2.75) is 17.9 Å². The molecule has 3 amide bonds. The molecule has 0 saturated heterocycles. The molecule has 0 bridgehead atoms. The van der Waals surface area contributed by atoms with E-state index in [-0.39, 0.29) is 11.1 Å². The van der Waals surface area contributed by atoms with E-state index in [2.05, 4.69) is 10.6 Å². The summed E-state index contributed by atoms with van der Waals surface area (Å²) in [6.45, 7) is 0. The van der Waals surface area contributed by atoms with Crippen molar-refractivity contribution >= 4 is 40.7 Å². The molecule has 3 aromatic rings. The Hall–Kier alpha value is -4.31. The van der Waals surface area contributed by atoms with Crippen LogP contribution in [0.1, 0.15) is 37.4 Å². The van der Waals surface area contributed by atoms with Crippen LogP contribution < -0.4 is 20.7 Å². The van der Waals surface area contributed by atoms with E-state index in [4.69, 9.17) is 16.3 Å². The minimum absolute atomic E-state index is 0.152. The van der Waals surface area contributed by atoms with Gasteiger partial charge in [-0.25, -0.2) is 8.78 Å². The Labute approximate surface area is 223 Å². The fraction of sp³-hybridized carbons (Fsp3) is 0.125. The van der Waals surface area contributed by atoms with Gasteiger partial charge in [0.1, 0.15) is 11.6 Å². The molecule has 2 aliphatic rings. The zero-order chi connectivity index (χ0) is 29.4. The molecule has 0 spiro atoms. The predicted octanol–water partition coefficient (Wildman–Crippen LogP) is 2.80. The van der Waals surface area contributed by atoms with E-state index in [1.54, 1.807) is 0 Å². The van der Waals surface area contributed by atoms with E-state index in [1.807, 2.05) is 5.32 Å². The van der Waals surface area contributed by atoms with Gasteiger partial charge in [-0.1, -0.05) is 11.6 Å². The number of benzene rings is 3. The number of aliphatic hydroxyl groups is 3. The Kier molecular flexibility index (Phi) is 6.03. The fourth-order valence-electron chi connectivity index (χ4n) is 4.30. The molecule has 0 saturated carbocycles. The fourth-order valence-corrected chi connectivity index (χ4v) is 4.56. The second-order valence-electron chi connectivity index (χ2n) is 8.68. The van der Waals surface area contributed by atoms with Crippen LogP contribution in [0.3, 0.4) is 0 Å². The minimum Gasteiger partial charge on any atom is -0.430 e. The molecule has 2 aliphatic heterocycles. The highest BCUT2D eigenvalue weighted by Crippen LogP contribution is 2.50. The van der Waals surface area contributed by atoms with Gasteiger partial charge in [0.2, 0.25) is 0 Å². The number of alkyl halides is 3. The molecule has 40 heavy (non-hydrogen) atoms. The average Bonchev–Trinajstić information content (AvgIpc) is 3.12. The first kappa shape index (κ1) is 27.3. The second kappa shape index (κ2) is 8.85. The number of halogens is 6. The molecule has 3 aromatic carbocycles. The van der Waals surface area contributed by atoms with Crippen LogP contribution in [-0.4, -0.2) is 39.0 Å². The van der Waals surface area contributed by atoms with E-state index in [0.717, 1.165) is 24.3 Å². The van der Waals surface area contributed by atoms with Crippen LogP contribution in [0, 0.1) is 11.6 Å². The van der Waals surface area contributed by atoms with E-state index in [0.29, 0.717) is 12.1 Å². The number of amides is 3. The highest BCUT2D eigenvalue weighted by Gasteiger charge is 2.52. The summed E-state index contributed by atoms with van der Waals surface area (Å²) in [5.74, 6) is -10.5. The average molecular weight is 586 g/mol. The van der Waals surface area contributed by atoms with Gasteiger partial charge in [-0.05, 0) is 36.4 Å². The molecule has 2 heterocycles. The van der Waals surface area contributed by atoms with E-state index in [9.17, 15) is 51.7 Å². The van der Waals surface area contributed by atoms with E-state index < -0.39 is 92.2 Å². The zero-order valence-corrected chi connectivity index (χ0v) is 20.0. The summed E-state index contributed by atoms with van der Waals surface area (Å²) in [6.07, 6.45) is -5.02. The third-order valence-corrected chi connectivity index (χ3v) is 6.34. The van der Waals surface area contributed by atoms with Gasteiger partial charge >= 0.3 is 18.1 Å². The molecule has 1 atom stereocenters. The van der Waals surface area contributed by atoms with Gasteiger partial charge in [0.15, 0.2) is 11.5 Å². The van der Waals surface area contributed by atoms with Crippen molar-refractivity contribution in [3.05, 3.63) is 86.9 Å². The number of rotatable bonds is 3. The molecule has 0 aliphatic carbocycles. The number of carbonyl (C=O) groups excluding carboxylic acids is 3. The Morgan fingerprint density at radius 1 is 1.00 bits per heavy atom. The number of nitrogens with one attached hydrogen (secondary N) is 3. The molecule has 1 unspecified atom stereocenters. The van der Waals surface area contributed by atoms with Gasteiger partial charge in [-0.3, -0.25) is 14.4 Å². The monoisotopic (exact) mass is 585 g/mol. The van der Waals surface area contributed by atoms with Gasteiger partial charge in [0, 0.05) is 27.8 Å². The first-order chi connectivity index (χ1) is 18.5. The standard InChI is InChI=1S/C24H13ClF5N3O7/c25-13-2-1-10(26)6-12(13)22(37)17-14(31-19(34)8-3-9(23(28,29)30)5-11(27)4-8)7-15-18(16(17)20(35)33-22)32-21(36)24(38,39)40-15/h1-7,37-39H,(H,31,34)(H,32,36)(H,33,35). The summed E-state index contributed by atoms with van der Waals surface area (Å²) < 4.78 is 72.5. The van der Waals surface area contributed by atoms with Crippen molar-refractivity contribution < 1.29 is 56.4 Å². The maximum atomic E-state index is 14.1. The van der Waals surface area contributed by atoms with Crippen LogP contribution in [-0.2, 0) is 16.7 Å². The SMILES string of the molecule is O=C(Nc1cc2c(c3c1C(O)(c1cc(F)ccc1Cl)NC3=O)NC(=O)C(O)(O)O2)c1cc(F)cc(C(F)(F)F)c1. The van der Waals surface area contributed by atoms with Crippen molar-refractivity contribution in [2.24, 2.45) is 0 Å². The Balaban J connectivity index is 1.73. The van der Waals surface area contributed by atoms with Crippen molar-refractivity contribution in [3.63, 3.8) is 0 Å². The molecule has 0 aromatic heterocycles. The molecular weight excluding hydrogens is 573 g/mol. The maximum absolute atomic E-state index is 14.1. The predicted molar refractivity (Wildman–Crippen MR) is 124 cm³/mol. The van der Waals surface area contributed by atoms with Crippen molar-refractivity contribution in [1.82, 2.24) is 5.32 Å². The van der Waals surface area contributed by atoms with Crippen LogP contribution in [0.5, 0.6) is 5.75 Å². The number of hydrogen-bond donors (Lipinski definition) is 6. The molecular formula is C24H13ClF5N3O7. The quantitative estimate of drug-likeness (QED) is 0.204. The smallest absolute Gasteiger partial charge is 0.416 e. The summed E-state index contributed by atoms with van der Waals surface area (Å²) in [7, 11) is 0. The van der Waals surface area contributed by atoms with Gasteiger partial charge in [0.05, 0.1) is 22.5 Å². The molecule has 10 nitrogen and oxygen atoms in total. The maximum Gasteiger partial charge on any atom is 0.416 e. The number of carbonyl (C=O) groups is 3. The lowest BCUT2D eigenvalue weighted by Crippen LogP contribution is -2.51. The molecule has 5 rings (SSSR count). The van der Waals surface area contributed by atoms with E-state index in [1.165, 1.54) is 0 Å². The number of anilines is 2. The van der Waals surface area contributed by atoms with Crippen LogP contribution in [0.25, 0.3) is 0 Å². The number of fused-ring (bicyclic) bond motifs is 3. The lowest BCUT2D eigenvalue weighted by atomic mass is 9.91.